The number of hydrogen-bond donors (Lipinski definition) is 1. The second-order valence-corrected chi connectivity index (χ2v) is 5.26. The van der Waals surface area contributed by atoms with Gasteiger partial charge >= 0.3 is 0 Å². The van der Waals surface area contributed by atoms with Gasteiger partial charge in [-0.05, 0) is 56.0 Å². The maximum Gasteiger partial charge on any atom is 0.0439 e. The van der Waals surface area contributed by atoms with Crippen LogP contribution in [0.2, 0.25) is 10.0 Å². The maximum absolute atomic E-state index is 6.13. The topological polar surface area (TPSA) is 12.0 Å². The summed E-state index contributed by atoms with van der Waals surface area (Å²) in [4.78, 5) is 0. The number of halogens is 2. The molecule has 1 heterocycles. The third kappa shape index (κ3) is 3.38. The van der Waals surface area contributed by atoms with E-state index >= 15 is 0 Å². The Morgan fingerprint density at radius 1 is 1.25 bits per heavy atom. The van der Waals surface area contributed by atoms with Crippen molar-refractivity contribution in [2.45, 2.75) is 38.1 Å². The molecule has 88 valence electrons. The fraction of sp³-hybridized carbons (Fsp3) is 0.538. The zero-order chi connectivity index (χ0) is 11.4. The number of nitrogens with one attached hydrogen (secondary N) is 1. The molecule has 16 heavy (non-hydrogen) atoms. The fourth-order valence-corrected chi connectivity index (χ4v) is 2.64. The summed E-state index contributed by atoms with van der Waals surface area (Å²) in [5.41, 5.74) is 1.17. The van der Waals surface area contributed by atoms with Gasteiger partial charge in [-0.1, -0.05) is 29.6 Å². The highest BCUT2D eigenvalue weighted by Gasteiger charge is 2.12. The predicted molar refractivity (Wildman–Crippen MR) is 70.4 cm³/mol. The summed E-state index contributed by atoms with van der Waals surface area (Å²) in [6.07, 6.45) is 6.12. The minimum atomic E-state index is 0.656. The molecule has 1 aliphatic rings. The molecule has 1 unspecified atom stereocenters. The molecule has 1 atom stereocenters. The minimum absolute atomic E-state index is 0.656. The largest absolute Gasteiger partial charge is 0.314 e. The van der Waals surface area contributed by atoms with E-state index in [1.807, 2.05) is 18.2 Å². The van der Waals surface area contributed by atoms with E-state index in [1.165, 1.54) is 24.8 Å². The van der Waals surface area contributed by atoms with Crippen LogP contribution in [0.4, 0.5) is 0 Å². The molecular formula is C13H17Cl2N. The van der Waals surface area contributed by atoms with Crippen molar-refractivity contribution in [3.8, 4) is 0 Å². The summed E-state index contributed by atoms with van der Waals surface area (Å²) in [5.74, 6) is 0. The maximum atomic E-state index is 6.13. The molecule has 1 saturated heterocycles. The summed E-state index contributed by atoms with van der Waals surface area (Å²) in [5, 5.41) is 5.15. The van der Waals surface area contributed by atoms with Crippen molar-refractivity contribution in [3.05, 3.63) is 33.8 Å². The van der Waals surface area contributed by atoms with E-state index in [2.05, 4.69) is 5.32 Å². The van der Waals surface area contributed by atoms with Gasteiger partial charge in [-0.3, -0.25) is 0 Å². The molecule has 0 spiro atoms. The van der Waals surface area contributed by atoms with Crippen LogP contribution in [-0.2, 0) is 6.42 Å². The molecular weight excluding hydrogens is 241 g/mol. The third-order valence-corrected chi connectivity index (χ3v) is 3.79. The summed E-state index contributed by atoms with van der Waals surface area (Å²) < 4.78 is 0. The lowest BCUT2D eigenvalue weighted by molar-refractivity contribution is 0.383. The standard InChI is InChI=1S/C13H17Cl2N/c14-11-5-7-13(15)10(9-11)4-6-12-3-1-2-8-16-12/h5,7,9,12,16H,1-4,6,8H2. The van der Waals surface area contributed by atoms with E-state index in [1.54, 1.807) is 0 Å². The smallest absolute Gasteiger partial charge is 0.0439 e. The zero-order valence-electron chi connectivity index (χ0n) is 9.31. The molecule has 1 aromatic carbocycles. The fourth-order valence-electron chi connectivity index (χ4n) is 2.24. The first-order valence-electron chi connectivity index (χ1n) is 5.93. The Morgan fingerprint density at radius 3 is 2.88 bits per heavy atom. The van der Waals surface area contributed by atoms with Gasteiger partial charge in [0.25, 0.3) is 0 Å². The highest BCUT2D eigenvalue weighted by molar-refractivity contribution is 6.33. The summed E-state index contributed by atoms with van der Waals surface area (Å²) in [7, 11) is 0. The molecule has 1 aliphatic heterocycles. The molecule has 0 amide bonds. The highest BCUT2D eigenvalue weighted by atomic mass is 35.5. The van der Waals surface area contributed by atoms with Gasteiger partial charge in [0.1, 0.15) is 0 Å². The lowest BCUT2D eigenvalue weighted by Gasteiger charge is -2.23. The van der Waals surface area contributed by atoms with E-state index in [0.717, 1.165) is 29.4 Å². The van der Waals surface area contributed by atoms with Crippen molar-refractivity contribution in [2.75, 3.05) is 6.54 Å². The SMILES string of the molecule is Clc1ccc(Cl)c(CCC2CCCCN2)c1. The lowest BCUT2D eigenvalue weighted by atomic mass is 9.98. The molecule has 0 saturated carbocycles. The van der Waals surface area contributed by atoms with Gasteiger partial charge in [-0.25, -0.2) is 0 Å². The molecule has 2 rings (SSSR count). The zero-order valence-corrected chi connectivity index (χ0v) is 10.8. The molecule has 0 aromatic heterocycles. The number of rotatable bonds is 3. The molecule has 0 radical (unpaired) electrons. The van der Waals surface area contributed by atoms with Crippen molar-refractivity contribution >= 4 is 23.2 Å². The third-order valence-electron chi connectivity index (χ3n) is 3.18. The van der Waals surface area contributed by atoms with Crippen molar-refractivity contribution in [1.82, 2.24) is 5.32 Å². The number of aryl methyl sites for hydroxylation is 1. The Kier molecular flexibility index (Phi) is 4.51. The summed E-state index contributed by atoms with van der Waals surface area (Å²) in [6, 6.07) is 6.36. The quantitative estimate of drug-likeness (QED) is 0.861. The van der Waals surface area contributed by atoms with Crippen LogP contribution in [0.1, 0.15) is 31.2 Å². The van der Waals surface area contributed by atoms with E-state index in [-0.39, 0.29) is 0 Å². The van der Waals surface area contributed by atoms with Crippen LogP contribution in [0.25, 0.3) is 0 Å². The van der Waals surface area contributed by atoms with Crippen LogP contribution in [0.15, 0.2) is 18.2 Å². The predicted octanol–water partition coefficient (Wildman–Crippen LogP) is 4.07. The van der Waals surface area contributed by atoms with Crippen LogP contribution >= 0.6 is 23.2 Å². The summed E-state index contributed by atoms with van der Waals surface area (Å²) >= 11 is 12.1. The molecule has 0 bridgehead atoms. The second kappa shape index (κ2) is 5.90. The monoisotopic (exact) mass is 257 g/mol. The van der Waals surface area contributed by atoms with E-state index in [4.69, 9.17) is 23.2 Å². The highest BCUT2D eigenvalue weighted by Crippen LogP contribution is 2.23. The van der Waals surface area contributed by atoms with Gasteiger partial charge in [0.2, 0.25) is 0 Å². The molecule has 1 N–H and O–H groups in total. The summed E-state index contributed by atoms with van der Waals surface area (Å²) in [6.45, 7) is 1.16. The van der Waals surface area contributed by atoms with Gasteiger partial charge < -0.3 is 5.32 Å². The first-order chi connectivity index (χ1) is 7.75. The average Bonchev–Trinajstić information content (AvgIpc) is 2.32. The minimum Gasteiger partial charge on any atom is -0.314 e. The molecule has 1 nitrogen and oxygen atoms in total. The van der Waals surface area contributed by atoms with Crippen LogP contribution in [0, 0.1) is 0 Å². The first-order valence-corrected chi connectivity index (χ1v) is 6.68. The normalized spacial score (nSPS) is 21.0. The van der Waals surface area contributed by atoms with Gasteiger partial charge in [-0.15, -0.1) is 0 Å². The van der Waals surface area contributed by atoms with E-state index in [0.29, 0.717) is 6.04 Å². The molecule has 3 heteroatoms. The van der Waals surface area contributed by atoms with E-state index in [9.17, 15) is 0 Å². The number of piperidine rings is 1. The van der Waals surface area contributed by atoms with Gasteiger partial charge in [0.05, 0.1) is 0 Å². The average molecular weight is 258 g/mol. The first kappa shape index (κ1) is 12.2. The molecule has 1 aromatic rings. The van der Waals surface area contributed by atoms with Crippen LogP contribution in [-0.4, -0.2) is 12.6 Å². The molecule has 1 fully saturated rings. The lowest BCUT2D eigenvalue weighted by Crippen LogP contribution is -2.34. The van der Waals surface area contributed by atoms with Crippen molar-refractivity contribution < 1.29 is 0 Å². The van der Waals surface area contributed by atoms with Gasteiger partial charge in [0, 0.05) is 16.1 Å². The Morgan fingerprint density at radius 2 is 2.12 bits per heavy atom. The van der Waals surface area contributed by atoms with Crippen molar-refractivity contribution in [3.63, 3.8) is 0 Å². The number of benzene rings is 1. The van der Waals surface area contributed by atoms with Crippen LogP contribution < -0.4 is 5.32 Å². The van der Waals surface area contributed by atoms with Crippen LogP contribution in [0.5, 0.6) is 0 Å². The van der Waals surface area contributed by atoms with Gasteiger partial charge in [0.15, 0.2) is 0 Å². The number of hydrogen-bond acceptors (Lipinski definition) is 1. The Labute approximate surface area is 107 Å². The van der Waals surface area contributed by atoms with E-state index < -0.39 is 0 Å². The second-order valence-electron chi connectivity index (χ2n) is 4.42. The van der Waals surface area contributed by atoms with Crippen LogP contribution in [0.3, 0.4) is 0 Å². The van der Waals surface area contributed by atoms with Crippen molar-refractivity contribution in [1.29, 1.82) is 0 Å². The Balaban J connectivity index is 1.90. The Hall–Kier alpha value is -0.240. The van der Waals surface area contributed by atoms with Gasteiger partial charge in [-0.2, -0.15) is 0 Å². The molecule has 0 aliphatic carbocycles. The Bertz CT molecular complexity index is 346. The van der Waals surface area contributed by atoms with Crippen molar-refractivity contribution in [2.24, 2.45) is 0 Å².